The fourth-order valence-electron chi connectivity index (χ4n) is 2.63. The molecule has 4 nitrogen and oxygen atoms in total. The molecule has 0 unspecified atom stereocenters. The Hall–Kier alpha value is -1.07. The molecule has 20 heavy (non-hydrogen) atoms. The Bertz CT molecular complexity index is 567. The number of unbranched alkanes of at least 4 members (excludes halogenated alkanes) is 2. The first kappa shape index (κ1) is 15.3. The van der Waals surface area contributed by atoms with Crippen LogP contribution in [0.2, 0.25) is 0 Å². The number of nitrogens with one attached hydrogen (secondary N) is 2. The van der Waals surface area contributed by atoms with Crippen molar-refractivity contribution in [3.8, 4) is 0 Å². The molecule has 0 amide bonds. The van der Waals surface area contributed by atoms with Gasteiger partial charge in [-0.2, -0.15) is 0 Å². The highest BCUT2D eigenvalue weighted by atomic mass is 32.2. The summed E-state index contributed by atoms with van der Waals surface area (Å²) in [6.45, 7) is 5.56. The second-order valence-electron chi connectivity index (χ2n) is 5.37. The van der Waals surface area contributed by atoms with Gasteiger partial charge in [0.2, 0.25) is 10.0 Å². The lowest BCUT2D eigenvalue weighted by molar-refractivity contribution is 0.574. The summed E-state index contributed by atoms with van der Waals surface area (Å²) in [5, 5.41) is 3.33. The van der Waals surface area contributed by atoms with Crippen molar-refractivity contribution >= 4 is 15.7 Å². The molecule has 0 bridgehead atoms. The first-order chi connectivity index (χ1) is 9.56. The zero-order chi connectivity index (χ0) is 14.6. The normalized spacial score (nSPS) is 14.7. The van der Waals surface area contributed by atoms with Gasteiger partial charge in [0, 0.05) is 18.8 Å². The van der Waals surface area contributed by atoms with E-state index in [-0.39, 0.29) is 0 Å². The number of aryl methyl sites for hydroxylation is 1. The molecular weight excluding hydrogens is 272 g/mol. The molecule has 1 aliphatic rings. The van der Waals surface area contributed by atoms with Gasteiger partial charge in [-0.05, 0) is 43.4 Å². The first-order valence-corrected chi connectivity index (χ1v) is 8.90. The van der Waals surface area contributed by atoms with E-state index in [2.05, 4.69) is 17.0 Å². The topological polar surface area (TPSA) is 58.2 Å². The number of rotatable bonds is 6. The Morgan fingerprint density at radius 2 is 2.10 bits per heavy atom. The van der Waals surface area contributed by atoms with Crippen molar-refractivity contribution in [3.05, 3.63) is 23.3 Å². The molecule has 112 valence electrons. The summed E-state index contributed by atoms with van der Waals surface area (Å²) in [7, 11) is -3.39. The summed E-state index contributed by atoms with van der Waals surface area (Å²) in [5.41, 5.74) is 3.07. The van der Waals surface area contributed by atoms with E-state index < -0.39 is 10.0 Å². The number of sulfonamides is 1. The van der Waals surface area contributed by atoms with Crippen LogP contribution in [0.1, 0.15) is 43.7 Å². The summed E-state index contributed by atoms with van der Waals surface area (Å²) < 4.78 is 27.6. The molecule has 0 aliphatic carbocycles. The van der Waals surface area contributed by atoms with E-state index >= 15 is 0 Å². The van der Waals surface area contributed by atoms with Gasteiger partial charge in [0.15, 0.2) is 0 Å². The predicted octanol–water partition coefficient (Wildman–Crippen LogP) is 2.82. The molecule has 0 saturated carbocycles. The van der Waals surface area contributed by atoms with Crippen LogP contribution in [0, 0.1) is 6.92 Å². The van der Waals surface area contributed by atoms with Crippen molar-refractivity contribution in [1.82, 2.24) is 4.72 Å². The number of hydrogen-bond acceptors (Lipinski definition) is 3. The van der Waals surface area contributed by atoms with Gasteiger partial charge in [-0.3, -0.25) is 0 Å². The maximum absolute atomic E-state index is 12.4. The van der Waals surface area contributed by atoms with E-state index in [1.54, 1.807) is 6.07 Å². The molecule has 0 atom stereocenters. The molecule has 2 rings (SSSR count). The Kier molecular flexibility index (Phi) is 5.05. The number of hydrogen-bond donors (Lipinski definition) is 2. The summed E-state index contributed by atoms with van der Waals surface area (Å²) in [5.74, 6) is 0. The molecule has 0 aromatic heterocycles. The van der Waals surface area contributed by atoms with Crippen LogP contribution in [0.4, 0.5) is 5.69 Å². The largest absolute Gasteiger partial charge is 0.385 e. The summed E-state index contributed by atoms with van der Waals surface area (Å²) in [4.78, 5) is 0.446. The van der Waals surface area contributed by atoms with Gasteiger partial charge in [0.25, 0.3) is 0 Å². The fourth-order valence-corrected chi connectivity index (χ4v) is 3.97. The maximum Gasteiger partial charge on any atom is 0.240 e. The van der Waals surface area contributed by atoms with Gasteiger partial charge in [0.1, 0.15) is 0 Å². The third-order valence-electron chi connectivity index (χ3n) is 3.75. The number of benzene rings is 1. The standard InChI is InChI=1S/C15H24N2O2S/c1-3-4-5-11-17-20(18,19)14-9-8-12(2)15-13(14)7-6-10-16-15/h8-9,16-17H,3-7,10-11H2,1-2H3. The molecule has 0 radical (unpaired) electrons. The maximum atomic E-state index is 12.4. The van der Waals surface area contributed by atoms with Crippen molar-refractivity contribution in [2.75, 3.05) is 18.4 Å². The molecule has 0 spiro atoms. The van der Waals surface area contributed by atoms with E-state index in [0.29, 0.717) is 11.4 Å². The van der Waals surface area contributed by atoms with E-state index in [9.17, 15) is 8.42 Å². The van der Waals surface area contributed by atoms with Crippen LogP contribution < -0.4 is 10.0 Å². The molecule has 1 aromatic rings. The summed E-state index contributed by atoms with van der Waals surface area (Å²) >= 11 is 0. The van der Waals surface area contributed by atoms with Gasteiger partial charge >= 0.3 is 0 Å². The highest BCUT2D eigenvalue weighted by molar-refractivity contribution is 7.89. The lowest BCUT2D eigenvalue weighted by Crippen LogP contribution is -2.27. The van der Waals surface area contributed by atoms with Crippen LogP contribution in [0.3, 0.4) is 0 Å². The number of anilines is 1. The van der Waals surface area contributed by atoms with E-state index in [4.69, 9.17) is 0 Å². The quantitative estimate of drug-likeness (QED) is 0.794. The zero-order valence-corrected chi connectivity index (χ0v) is 13.1. The molecule has 5 heteroatoms. The first-order valence-electron chi connectivity index (χ1n) is 7.42. The molecule has 0 saturated heterocycles. The van der Waals surface area contributed by atoms with Crippen molar-refractivity contribution in [1.29, 1.82) is 0 Å². The van der Waals surface area contributed by atoms with Crippen LogP contribution in [-0.4, -0.2) is 21.5 Å². The highest BCUT2D eigenvalue weighted by Crippen LogP contribution is 2.31. The van der Waals surface area contributed by atoms with Crippen LogP contribution in [-0.2, 0) is 16.4 Å². The van der Waals surface area contributed by atoms with Crippen LogP contribution in [0.5, 0.6) is 0 Å². The van der Waals surface area contributed by atoms with Gasteiger partial charge < -0.3 is 5.32 Å². The Morgan fingerprint density at radius 1 is 1.30 bits per heavy atom. The van der Waals surface area contributed by atoms with E-state index in [1.807, 2.05) is 13.0 Å². The van der Waals surface area contributed by atoms with Gasteiger partial charge in [-0.1, -0.05) is 25.8 Å². The smallest absolute Gasteiger partial charge is 0.240 e. The van der Waals surface area contributed by atoms with Crippen molar-refractivity contribution in [2.24, 2.45) is 0 Å². The van der Waals surface area contributed by atoms with Crippen LogP contribution in [0.25, 0.3) is 0 Å². The second kappa shape index (κ2) is 6.59. The second-order valence-corrected chi connectivity index (χ2v) is 7.10. The predicted molar refractivity (Wildman–Crippen MR) is 82.7 cm³/mol. The lowest BCUT2D eigenvalue weighted by Gasteiger charge is -2.23. The molecule has 1 heterocycles. The minimum atomic E-state index is -3.39. The average molecular weight is 296 g/mol. The number of fused-ring (bicyclic) bond motifs is 1. The van der Waals surface area contributed by atoms with Gasteiger partial charge in [0.05, 0.1) is 4.90 Å². The minimum absolute atomic E-state index is 0.446. The molecule has 1 aromatic carbocycles. The Labute approximate surface area is 122 Å². The molecule has 0 fully saturated rings. The summed E-state index contributed by atoms with van der Waals surface area (Å²) in [6, 6.07) is 3.63. The van der Waals surface area contributed by atoms with Crippen molar-refractivity contribution in [2.45, 2.75) is 50.8 Å². The Morgan fingerprint density at radius 3 is 2.85 bits per heavy atom. The third kappa shape index (κ3) is 3.33. The van der Waals surface area contributed by atoms with Crippen molar-refractivity contribution < 1.29 is 8.42 Å². The monoisotopic (exact) mass is 296 g/mol. The van der Waals surface area contributed by atoms with E-state index in [1.165, 1.54) is 0 Å². The van der Waals surface area contributed by atoms with Gasteiger partial charge in [-0.15, -0.1) is 0 Å². The van der Waals surface area contributed by atoms with Gasteiger partial charge in [-0.25, -0.2) is 13.1 Å². The molecular formula is C15H24N2O2S. The fraction of sp³-hybridized carbons (Fsp3) is 0.600. The Balaban J connectivity index is 2.23. The zero-order valence-electron chi connectivity index (χ0n) is 12.3. The molecule has 2 N–H and O–H groups in total. The van der Waals surface area contributed by atoms with Crippen LogP contribution in [0.15, 0.2) is 17.0 Å². The van der Waals surface area contributed by atoms with E-state index in [0.717, 1.165) is 55.5 Å². The lowest BCUT2D eigenvalue weighted by atomic mass is 10.00. The van der Waals surface area contributed by atoms with Crippen molar-refractivity contribution in [3.63, 3.8) is 0 Å². The van der Waals surface area contributed by atoms with Crippen LogP contribution >= 0.6 is 0 Å². The molecule has 1 aliphatic heterocycles. The third-order valence-corrected chi connectivity index (χ3v) is 5.29. The summed E-state index contributed by atoms with van der Waals surface area (Å²) in [6.07, 6.45) is 4.84. The minimum Gasteiger partial charge on any atom is -0.385 e. The highest BCUT2D eigenvalue weighted by Gasteiger charge is 2.23. The SMILES string of the molecule is CCCCCNS(=O)(=O)c1ccc(C)c2c1CCCN2. The average Bonchev–Trinajstić information content (AvgIpc) is 2.44.